The smallest absolute Gasteiger partial charge is 0.331 e. The van der Waals surface area contributed by atoms with Gasteiger partial charge < -0.3 is 4.57 Å². The van der Waals surface area contributed by atoms with Crippen LogP contribution in [0.25, 0.3) is 17.0 Å². The van der Waals surface area contributed by atoms with Gasteiger partial charge in [0.25, 0.3) is 11.8 Å². The number of aromatic nitrogens is 1. The van der Waals surface area contributed by atoms with E-state index in [9.17, 15) is 14.4 Å². The maximum Gasteiger partial charge on any atom is 0.331 e. The van der Waals surface area contributed by atoms with Crippen LogP contribution in [0.5, 0.6) is 0 Å². The van der Waals surface area contributed by atoms with E-state index in [2.05, 4.69) is 11.9 Å². The minimum atomic E-state index is -0.758. The first-order valence-electron chi connectivity index (χ1n) is 9.40. The van der Waals surface area contributed by atoms with Crippen molar-refractivity contribution in [1.29, 1.82) is 0 Å². The maximum atomic E-state index is 12.7. The molecule has 0 aliphatic carbocycles. The first kappa shape index (κ1) is 20.9. The van der Waals surface area contributed by atoms with Crippen molar-refractivity contribution < 1.29 is 14.4 Å². The molecule has 1 saturated heterocycles. The Morgan fingerprint density at radius 2 is 1.84 bits per heavy atom. The zero-order valence-corrected chi connectivity index (χ0v) is 17.8. The molecule has 0 bridgehead atoms. The predicted octanol–water partition coefficient (Wildman–Crippen LogP) is 4.64. The number of imide groups is 2. The molecule has 0 spiro atoms. The molecule has 8 heteroatoms. The van der Waals surface area contributed by atoms with E-state index in [0.717, 1.165) is 21.4 Å². The largest absolute Gasteiger partial charge is 0.342 e. The lowest BCUT2D eigenvalue weighted by atomic mass is 10.1. The van der Waals surface area contributed by atoms with Crippen LogP contribution in [0, 0.1) is 0 Å². The summed E-state index contributed by atoms with van der Waals surface area (Å²) in [5.41, 5.74) is 2.34. The Morgan fingerprint density at radius 3 is 2.58 bits per heavy atom. The van der Waals surface area contributed by atoms with Crippen molar-refractivity contribution in [2.24, 2.45) is 0 Å². The van der Waals surface area contributed by atoms with Crippen molar-refractivity contribution in [3.05, 3.63) is 88.1 Å². The number of carbonyl (C=O) groups is 3. The fourth-order valence-electron chi connectivity index (χ4n) is 3.50. The molecule has 156 valence electrons. The van der Waals surface area contributed by atoms with Crippen molar-refractivity contribution in [3.63, 3.8) is 0 Å². The van der Waals surface area contributed by atoms with Crippen molar-refractivity contribution >= 4 is 58.0 Å². The van der Waals surface area contributed by atoms with Crippen molar-refractivity contribution in [1.82, 2.24) is 14.8 Å². The van der Waals surface area contributed by atoms with Crippen LogP contribution in [-0.2, 0) is 16.1 Å². The van der Waals surface area contributed by atoms with Crippen molar-refractivity contribution in [2.75, 3.05) is 6.54 Å². The molecule has 1 aromatic heterocycles. The van der Waals surface area contributed by atoms with Crippen LogP contribution in [-0.4, -0.2) is 33.9 Å². The zero-order valence-electron chi connectivity index (χ0n) is 16.3. The summed E-state index contributed by atoms with van der Waals surface area (Å²) in [6.07, 6.45) is 4.77. The summed E-state index contributed by atoms with van der Waals surface area (Å²) in [5.74, 6) is -1.39. The van der Waals surface area contributed by atoms with Gasteiger partial charge in [-0.3, -0.25) is 19.8 Å². The molecule has 4 amide bonds. The fourth-order valence-corrected chi connectivity index (χ4v) is 3.97. The van der Waals surface area contributed by atoms with Gasteiger partial charge in [-0.25, -0.2) is 4.79 Å². The highest BCUT2D eigenvalue weighted by Crippen LogP contribution is 2.28. The molecule has 0 unspecified atom stereocenters. The predicted molar refractivity (Wildman–Crippen MR) is 121 cm³/mol. The van der Waals surface area contributed by atoms with Gasteiger partial charge in [0.2, 0.25) is 0 Å². The van der Waals surface area contributed by atoms with E-state index in [1.54, 1.807) is 12.1 Å². The van der Waals surface area contributed by atoms with Gasteiger partial charge in [0.05, 0.1) is 0 Å². The summed E-state index contributed by atoms with van der Waals surface area (Å²) in [6.45, 7) is 4.03. The second-order valence-electron chi connectivity index (χ2n) is 6.99. The zero-order chi connectivity index (χ0) is 22.1. The SMILES string of the molecule is C=CCN1C(=O)NC(=O)/C(=C\c2cn(Cc3ccc(Cl)cc3Cl)c3ccccc23)C1=O. The van der Waals surface area contributed by atoms with Crippen molar-refractivity contribution in [3.8, 4) is 0 Å². The van der Waals surface area contributed by atoms with E-state index in [0.29, 0.717) is 22.2 Å². The number of para-hydroxylation sites is 1. The van der Waals surface area contributed by atoms with Gasteiger partial charge >= 0.3 is 6.03 Å². The summed E-state index contributed by atoms with van der Waals surface area (Å²) < 4.78 is 1.98. The Labute approximate surface area is 188 Å². The lowest BCUT2D eigenvalue weighted by molar-refractivity contribution is -0.129. The van der Waals surface area contributed by atoms with Gasteiger partial charge in [-0.1, -0.05) is 53.5 Å². The Balaban J connectivity index is 1.78. The van der Waals surface area contributed by atoms with Crippen LogP contribution in [0.3, 0.4) is 0 Å². The number of fused-ring (bicyclic) bond motifs is 1. The fraction of sp³-hybridized carbons (Fsp3) is 0.0870. The Hall–Kier alpha value is -3.35. The standard InChI is InChI=1S/C23H17Cl2N3O3/c1-2-9-28-22(30)18(21(29)26-23(28)31)10-15-13-27(20-6-4-3-5-17(15)20)12-14-7-8-16(24)11-19(14)25/h2-8,10-11,13H,1,9,12H2,(H,26,29,31)/b18-10+. The number of urea groups is 1. The van der Waals surface area contributed by atoms with E-state index in [-0.39, 0.29) is 12.1 Å². The molecule has 0 atom stereocenters. The number of benzene rings is 2. The summed E-state index contributed by atoms with van der Waals surface area (Å²) >= 11 is 12.3. The van der Waals surface area contributed by atoms with E-state index >= 15 is 0 Å². The monoisotopic (exact) mass is 453 g/mol. The maximum absolute atomic E-state index is 12.7. The molecule has 3 aromatic rings. The lowest BCUT2D eigenvalue weighted by Gasteiger charge is -2.25. The third-order valence-corrected chi connectivity index (χ3v) is 5.56. The first-order chi connectivity index (χ1) is 14.9. The molecule has 1 N–H and O–H groups in total. The molecule has 2 aromatic carbocycles. The molecular weight excluding hydrogens is 437 g/mol. The molecule has 0 radical (unpaired) electrons. The summed E-state index contributed by atoms with van der Waals surface area (Å²) in [7, 11) is 0. The molecule has 1 fully saturated rings. The van der Waals surface area contributed by atoms with Gasteiger partial charge in [-0.2, -0.15) is 0 Å². The number of rotatable bonds is 5. The number of hydrogen-bond acceptors (Lipinski definition) is 3. The Kier molecular flexibility index (Phi) is 5.67. The molecule has 2 heterocycles. The second-order valence-corrected chi connectivity index (χ2v) is 7.83. The quantitative estimate of drug-likeness (QED) is 0.347. The van der Waals surface area contributed by atoms with Gasteiger partial charge in [-0.05, 0) is 29.8 Å². The van der Waals surface area contributed by atoms with Crippen molar-refractivity contribution in [2.45, 2.75) is 6.54 Å². The van der Waals surface area contributed by atoms with Crippen LogP contribution in [0.2, 0.25) is 10.0 Å². The molecule has 6 nitrogen and oxygen atoms in total. The lowest BCUT2D eigenvalue weighted by Crippen LogP contribution is -2.54. The van der Waals surface area contributed by atoms with Crippen LogP contribution >= 0.6 is 23.2 Å². The van der Waals surface area contributed by atoms with E-state index < -0.39 is 17.8 Å². The summed E-state index contributed by atoms with van der Waals surface area (Å²) in [4.78, 5) is 38.0. The van der Waals surface area contributed by atoms with Gasteiger partial charge in [0.1, 0.15) is 5.57 Å². The van der Waals surface area contributed by atoms with E-state index in [4.69, 9.17) is 23.2 Å². The number of nitrogens with zero attached hydrogens (tertiary/aromatic N) is 2. The molecule has 31 heavy (non-hydrogen) atoms. The molecule has 1 aliphatic heterocycles. The first-order valence-corrected chi connectivity index (χ1v) is 10.2. The molecule has 0 saturated carbocycles. The summed E-state index contributed by atoms with van der Waals surface area (Å²) in [5, 5.41) is 4.15. The Morgan fingerprint density at radius 1 is 1.06 bits per heavy atom. The topological polar surface area (TPSA) is 71.4 Å². The summed E-state index contributed by atoms with van der Waals surface area (Å²) in [6, 6.07) is 12.2. The molecular formula is C23H17Cl2N3O3. The van der Waals surface area contributed by atoms with Crippen LogP contribution in [0.15, 0.2) is 66.9 Å². The van der Waals surface area contributed by atoms with Crippen LogP contribution < -0.4 is 5.32 Å². The molecule has 1 aliphatic rings. The minimum Gasteiger partial charge on any atom is -0.342 e. The van der Waals surface area contributed by atoms with Gasteiger partial charge in [-0.15, -0.1) is 6.58 Å². The number of barbiturate groups is 1. The number of halogens is 2. The minimum absolute atomic E-state index is 0.00606. The van der Waals surface area contributed by atoms with Crippen LogP contribution in [0.1, 0.15) is 11.1 Å². The van der Waals surface area contributed by atoms with E-state index in [1.165, 1.54) is 12.2 Å². The number of carbonyl (C=O) groups excluding carboxylic acids is 3. The number of nitrogens with one attached hydrogen (secondary N) is 1. The average Bonchev–Trinajstić information content (AvgIpc) is 3.08. The highest BCUT2D eigenvalue weighted by Gasteiger charge is 2.35. The normalized spacial score (nSPS) is 15.6. The highest BCUT2D eigenvalue weighted by molar-refractivity contribution is 6.35. The third kappa shape index (κ3) is 4.00. The number of amides is 4. The molecule has 4 rings (SSSR count). The second kappa shape index (κ2) is 8.41. The van der Waals surface area contributed by atoms with Gasteiger partial charge in [0, 0.05) is 45.8 Å². The van der Waals surface area contributed by atoms with Gasteiger partial charge in [0.15, 0.2) is 0 Å². The van der Waals surface area contributed by atoms with Crippen LogP contribution in [0.4, 0.5) is 4.79 Å². The highest BCUT2D eigenvalue weighted by atomic mass is 35.5. The third-order valence-electron chi connectivity index (χ3n) is 4.97. The van der Waals surface area contributed by atoms with E-state index in [1.807, 2.05) is 41.1 Å². The Bertz CT molecular complexity index is 1280. The number of hydrogen-bond donors (Lipinski definition) is 1. The average molecular weight is 454 g/mol.